The number of hydrogen-bond acceptors (Lipinski definition) is 4. The van der Waals surface area contributed by atoms with Crippen LogP contribution in [0.4, 0.5) is 4.79 Å². The number of aromatic amines is 1. The van der Waals surface area contributed by atoms with Crippen LogP contribution in [0, 0.1) is 0 Å². The average molecular weight is 211 g/mol. The standard InChI is InChI=1S/C9H13N3O3/c1-6(13)8(12-9(14)15-2)3-7-4-10-5-11-7/h4-5,8H,3H2,1-2H3,(H,10,11)(H,12,14)/t8-/m0/s1. The fraction of sp³-hybridized carbons (Fsp3) is 0.444. The highest BCUT2D eigenvalue weighted by molar-refractivity contribution is 5.85. The zero-order chi connectivity index (χ0) is 11.3. The summed E-state index contributed by atoms with van der Waals surface area (Å²) in [5.41, 5.74) is 0.784. The number of nitrogens with zero attached hydrogens (tertiary/aromatic N) is 1. The Morgan fingerprint density at radius 2 is 2.40 bits per heavy atom. The van der Waals surface area contributed by atoms with Gasteiger partial charge < -0.3 is 15.0 Å². The van der Waals surface area contributed by atoms with Gasteiger partial charge in [-0.3, -0.25) is 4.79 Å². The van der Waals surface area contributed by atoms with Gasteiger partial charge in [-0.15, -0.1) is 0 Å². The number of imidazole rings is 1. The van der Waals surface area contributed by atoms with Crippen molar-refractivity contribution in [3.05, 3.63) is 18.2 Å². The quantitative estimate of drug-likeness (QED) is 0.748. The Balaban J connectivity index is 2.59. The highest BCUT2D eigenvalue weighted by atomic mass is 16.5. The number of ether oxygens (including phenoxy) is 1. The molecule has 0 fully saturated rings. The molecule has 1 atom stereocenters. The molecule has 0 saturated heterocycles. The van der Waals surface area contributed by atoms with Crippen LogP contribution in [-0.4, -0.2) is 35.0 Å². The summed E-state index contributed by atoms with van der Waals surface area (Å²) >= 11 is 0. The number of methoxy groups -OCH3 is 1. The van der Waals surface area contributed by atoms with E-state index >= 15 is 0 Å². The van der Waals surface area contributed by atoms with E-state index < -0.39 is 12.1 Å². The molecule has 0 aliphatic rings. The van der Waals surface area contributed by atoms with E-state index in [0.717, 1.165) is 5.69 Å². The lowest BCUT2D eigenvalue weighted by atomic mass is 10.1. The number of aromatic nitrogens is 2. The Morgan fingerprint density at radius 3 is 2.87 bits per heavy atom. The summed E-state index contributed by atoms with van der Waals surface area (Å²) in [5.74, 6) is -0.130. The normalized spacial score (nSPS) is 11.9. The number of ketones is 1. The van der Waals surface area contributed by atoms with E-state index in [9.17, 15) is 9.59 Å². The number of carbonyl (C=O) groups excluding carboxylic acids is 2. The van der Waals surface area contributed by atoms with E-state index in [1.807, 2.05) is 0 Å². The topological polar surface area (TPSA) is 84.1 Å². The van der Waals surface area contributed by atoms with E-state index in [1.165, 1.54) is 20.4 Å². The number of alkyl carbamates (subject to hydrolysis) is 1. The third kappa shape index (κ3) is 3.41. The predicted molar refractivity (Wildman–Crippen MR) is 52.3 cm³/mol. The minimum atomic E-state index is -0.616. The maximum atomic E-state index is 11.2. The Bertz CT molecular complexity index is 334. The molecular formula is C9H13N3O3. The van der Waals surface area contributed by atoms with Crippen molar-refractivity contribution in [1.29, 1.82) is 0 Å². The molecule has 1 rings (SSSR count). The molecule has 6 nitrogen and oxygen atoms in total. The lowest BCUT2D eigenvalue weighted by Crippen LogP contribution is -2.41. The third-order valence-corrected chi connectivity index (χ3v) is 1.95. The van der Waals surface area contributed by atoms with Gasteiger partial charge in [0.1, 0.15) is 0 Å². The van der Waals surface area contributed by atoms with Gasteiger partial charge in [-0.2, -0.15) is 0 Å². The van der Waals surface area contributed by atoms with Gasteiger partial charge in [-0.05, 0) is 6.92 Å². The van der Waals surface area contributed by atoms with Crippen LogP contribution in [0.25, 0.3) is 0 Å². The second kappa shape index (κ2) is 5.14. The summed E-state index contributed by atoms with van der Waals surface area (Å²) in [5, 5.41) is 2.45. The maximum Gasteiger partial charge on any atom is 0.407 e. The molecule has 15 heavy (non-hydrogen) atoms. The van der Waals surface area contributed by atoms with Crippen molar-refractivity contribution < 1.29 is 14.3 Å². The monoisotopic (exact) mass is 211 g/mol. The molecule has 1 aromatic heterocycles. The molecule has 6 heteroatoms. The third-order valence-electron chi connectivity index (χ3n) is 1.95. The van der Waals surface area contributed by atoms with Gasteiger partial charge >= 0.3 is 6.09 Å². The number of hydrogen-bond donors (Lipinski definition) is 2. The molecule has 0 aliphatic heterocycles. The minimum Gasteiger partial charge on any atom is -0.453 e. The minimum absolute atomic E-state index is 0.130. The SMILES string of the molecule is COC(=O)N[C@@H](Cc1cnc[nH]1)C(C)=O. The summed E-state index contributed by atoms with van der Waals surface area (Å²) < 4.78 is 4.42. The smallest absolute Gasteiger partial charge is 0.407 e. The fourth-order valence-electron chi connectivity index (χ4n) is 1.11. The summed E-state index contributed by atoms with van der Waals surface area (Å²) in [6, 6.07) is -0.585. The highest BCUT2D eigenvalue weighted by Gasteiger charge is 2.18. The molecular weight excluding hydrogens is 198 g/mol. The number of H-pyrrole nitrogens is 1. The van der Waals surface area contributed by atoms with Crippen LogP contribution in [0.5, 0.6) is 0 Å². The van der Waals surface area contributed by atoms with E-state index in [0.29, 0.717) is 6.42 Å². The first-order valence-corrected chi connectivity index (χ1v) is 4.45. The van der Waals surface area contributed by atoms with Crippen molar-refractivity contribution in [2.45, 2.75) is 19.4 Å². The molecule has 82 valence electrons. The van der Waals surface area contributed by atoms with E-state index in [4.69, 9.17) is 0 Å². The number of rotatable bonds is 4. The van der Waals surface area contributed by atoms with Gasteiger partial charge in [0.2, 0.25) is 0 Å². The number of nitrogens with one attached hydrogen (secondary N) is 2. The predicted octanol–water partition coefficient (Wildman–Crippen LogP) is 0.266. The summed E-state index contributed by atoms with van der Waals surface area (Å²) in [6.45, 7) is 1.41. The first kappa shape index (κ1) is 11.2. The number of amides is 1. The molecule has 0 unspecified atom stereocenters. The van der Waals surface area contributed by atoms with Crippen LogP contribution >= 0.6 is 0 Å². The molecule has 0 bridgehead atoms. The first-order valence-electron chi connectivity index (χ1n) is 4.45. The van der Waals surface area contributed by atoms with Gasteiger partial charge in [-0.25, -0.2) is 9.78 Å². The van der Waals surface area contributed by atoms with Crippen LogP contribution in [-0.2, 0) is 16.0 Å². The van der Waals surface area contributed by atoms with Gasteiger partial charge in [-0.1, -0.05) is 0 Å². The zero-order valence-corrected chi connectivity index (χ0v) is 8.61. The van der Waals surface area contributed by atoms with Crippen LogP contribution in [0.3, 0.4) is 0 Å². The van der Waals surface area contributed by atoms with Crippen molar-refractivity contribution in [2.24, 2.45) is 0 Å². The molecule has 0 radical (unpaired) electrons. The van der Waals surface area contributed by atoms with E-state index in [2.05, 4.69) is 20.0 Å². The molecule has 0 aliphatic carbocycles. The van der Waals surface area contributed by atoms with Gasteiger partial charge in [0.15, 0.2) is 5.78 Å². The molecule has 0 aromatic carbocycles. The van der Waals surface area contributed by atoms with Crippen molar-refractivity contribution in [2.75, 3.05) is 7.11 Å². The van der Waals surface area contributed by atoms with Crippen molar-refractivity contribution in [3.63, 3.8) is 0 Å². The van der Waals surface area contributed by atoms with Crippen LogP contribution in [0.1, 0.15) is 12.6 Å². The lowest BCUT2D eigenvalue weighted by Gasteiger charge is -2.13. The van der Waals surface area contributed by atoms with Crippen LogP contribution in [0.15, 0.2) is 12.5 Å². The van der Waals surface area contributed by atoms with Gasteiger partial charge in [0.25, 0.3) is 0 Å². The second-order valence-electron chi connectivity index (χ2n) is 3.08. The van der Waals surface area contributed by atoms with Crippen LogP contribution in [0.2, 0.25) is 0 Å². The first-order chi connectivity index (χ1) is 7.13. The average Bonchev–Trinajstić information content (AvgIpc) is 2.69. The van der Waals surface area contributed by atoms with Crippen molar-refractivity contribution >= 4 is 11.9 Å². The summed E-state index contributed by atoms with van der Waals surface area (Å²) in [4.78, 5) is 28.8. The molecule has 0 saturated carbocycles. The van der Waals surface area contributed by atoms with E-state index in [-0.39, 0.29) is 5.78 Å². The zero-order valence-electron chi connectivity index (χ0n) is 8.61. The second-order valence-corrected chi connectivity index (χ2v) is 3.08. The van der Waals surface area contributed by atoms with Crippen LogP contribution < -0.4 is 5.32 Å². The largest absolute Gasteiger partial charge is 0.453 e. The number of carbonyl (C=O) groups is 2. The fourth-order valence-corrected chi connectivity index (χ4v) is 1.11. The molecule has 1 amide bonds. The van der Waals surface area contributed by atoms with E-state index in [1.54, 1.807) is 6.20 Å². The van der Waals surface area contributed by atoms with Gasteiger partial charge in [0.05, 0.1) is 19.5 Å². The van der Waals surface area contributed by atoms with Crippen molar-refractivity contribution in [3.8, 4) is 0 Å². The Kier molecular flexibility index (Phi) is 3.84. The number of Topliss-reactive ketones (excluding diaryl/α,β-unsaturated/α-hetero) is 1. The Morgan fingerprint density at radius 1 is 1.67 bits per heavy atom. The summed E-state index contributed by atoms with van der Waals surface area (Å²) in [7, 11) is 1.25. The molecule has 1 heterocycles. The Labute approximate surface area is 87.0 Å². The highest BCUT2D eigenvalue weighted by Crippen LogP contribution is 1.99. The lowest BCUT2D eigenvalue weighted by molar-refractivity contribution is -0.118. The maximum absolute atomic E-state index is 11.2. The Hall–Kier alpha value is -1.85. The van der Waals surface area contributed by atoms with Gasteiger partial charge in [0, 0.05) is 18.3 Å². The summed E-state index contributed by atoms with van der Waals surface area (Å²) in [6.07, 6.45) is 2.89. The molecule has 1 aromatic rings. The molecule has 2 N–H and O–H groups in total. The van der Waals surface area contributed by atoms with Crippen molar-refractivity contribution in [1.82, 2.24) is 15.3 Å². The molecule has 0 spiro atoms.